The van der Waals surface area contributed by atoms with E-state index in [-0.39, 0.29) is 16.7 Å². The molecule has 0 N–H and O–H groups in total. The maximum absolute atomic E-state index is 12.9. The highest BCUT2D eigenvalue weighted by atomic mass is 32.2. The van der Waals surface area contributed by atoms with Gasteiger partial charge in [-0.25, -0.2) is 8.42 Å². The Balaban J connectivity index is 2.00. The van der Waals surface area contributed by atoms with Crippen molar-refractivity contribution in [1.29, 1.82) is 0 Å². The molecule has 152 valence electrons. The molecule has 1 saturated heterocycles. The molecule has 1 aromatic carbocycles. The van der Waals surface area contributed by atoms with E-state index < -0.39 is 10.0 Å². The standard InChI is InChI=1S/C20H32N2O4S/c1-4-13-21(14-5-2)20(23)17-11-15-22(16-12-17)27(24,25)19-9-7-18(8-10-19)26-6-3/h7-10,17H,4-6,11-16H2,1-3H3. The molecule has 6 nitrogen and oxygen atoms in total. The minimum Gasteiger partial charge on any atom is -0.494 e. The normalized spacial score (nSPS) is 16.3. The largest absolute Gasteiger partial charge is 0.494 e. The summed E-state index contributed by atoms with van der Waals surface area (Å²) < 4.78 is 32.6. The SMILES string of the molecule is CCCN(CCC)C(=O)C1CCN(S(=O)(=O)c2ccc(OCC)cc2)CC1. The van der Waals surface area contributed by atoms with E-state index in [9.17, 15) is 13.2 Å². The molecule has 1 fully saturated rings. The fourth-order valence-corrected chi connectivity index (χ4v) is 4.97. The fraction of sp³-hybridized carbons (Fsp3) is 0.650. The van der Waals surface area contributed by atoms with Crippen LogP contribution in [0.1, 0.15) is 46.5 Å². The lowest BCUT2D eigenvalue weighted by Gasteiger charge is -2.33. The number of amides is 1. The summed E-state index contributed by atoms with van der Waals surface area (Å²) in [5.41, 5.74) is 0. The first-order chi connectivity index (χ1) is 12.9. The van der Waals surface area contributed by atoms with E-state index in [1.54, 1.807) is 24.3 Å². The molecule has 1 aliphatic rings. The first-order valence-electron chi connectivity index (χ1n) is 9.95. The van der Waals surface area contributed by atoms with Gasteiger partial charge in [-0.15, -0.1) is 0 Å². The molecule has 1 amide bonds. The molecular weight excluding hydrogens is 364 g/mol. The molecule has 0 spiro atoms. The van der Waals surface area contributed by atoms with Gasteiger partial charge in [-0.05, 0) is 56.9 Å². The Labute approximate surface area is 163 Å². The summed E-state index contributed by atoms with van der Waals surface area (Å²) >= 11 is 0. The number of hydrogen-bond acceptors (Lipinski definition) is 4. The van der Waals surface area contributed by atoms with E-state index in [2.05, 4.69) is 13.8 Å². The highest BCUT2D eigenvalue weighted by Gasteiger charge is 2.33. The van der Waals surface area contributed by atoms with Crippen molar-refractivity contribution in [3.63, 3.8) is 0 Å². The highest BCUT2D eigenvalue weighted by molar-refractivity contribution is 7.89. The van der Waals surface area contributed by atoms with Gasteiger partial charge < -0.3 is 9.64 Å². The lowest BCUT2D eigenvalue weighted by Crippen LogP contribution is -2.44. The van der Waals surface area contributed by atoms with Crippen LogP contribution in [0.3, 0.4) is 0 Å². The molecule has 27 heavy (non-hydrogen) atoms. The third-order valence-corrected chi connectivity index (χ3v) is 6.79. The van der Waals surface area contributed by atoms with Crippen molar-refractivity contribution in [2.45, 2.75) is 51.3 Å². The molecule has 0 saturated carbocycles. The van der Waals surface area contributed by atoms with Gasteiger partial charge in [0.2, 0.25) is 15.9 Å². The number of carbonyl (C=O) groups excluding carboxylic acids is 1. The highest BCUT2D eigenvalue weighted by Crippen LogP contribution is 2.26. The van der Waals surface area contributed by atoms with Gasteiger partial charge in [0.15, 0.2) is 0 Å². The molecule has 1 aromatic rings. The van der Waals surface area contributed by atoms with Crippen LogP contribution in [-0.4, -0.2) is 56.3 Å². The maximum atomic E-state index is 12.9. The number of ether oxygens (including phenoxy) is 1. The van der Waals surface area contributed by atoms with Gasteiger partial charge in [-0.3, -0.25) is 4.79 Å². The Kier molecular flexibility index (Phi) is 8.10. The molecule has 1 aliphatic heterocycles. The van der Waals surface area contributed by atoms with Gasteiger partial charge in [-0.1, -0.05) is 13.8 Å². The van der Waals surface area contributed by atoms with E-state index in [0.717, 1.165) is 25.9 Å². The monoisotopic (exact) mass is 396 g/mol. The van der Waals surface area contributed by atoms with Crippen LogP contribution in [0.2, 0.25) is 0 Å². The third kappa shape index (κ3) is 5.45. The number of hydrogen-bond donors (Lipinski definition) is 0. The van der Waals surface area contributed by atoms with Gasteiger partial charge in [0.25, 0.3) is 0 Å². The van der Waals surface area contributed by atoms with Crippen molar-refractivity contribution in [2.24, 2.45) is 5.92 Å². The Morgan fingerprint density at radius 2 is 1.63 bits per heavy atom. The molecule has 0 radical (unpaired) electrons. The average Bonchev–Trinajstić information content (AvgIpc) is 2.68. The molecule has 1 heterocycles. The number of piperidine rings is 1. The van der Waals surface area contributed by atoms with Crippen molar-refractivity contribution < 1.29 is 17.9 Å². The minimum atomic E-state index is -3.53. The van der Waals surface area contributed by atoms with Crippen LogP contribution in [0.15, 0.2) is 29.2 Å². The maximum Gasteiger partial charge on any atom is 0.243 e. The zero-order valence-corrected chi connectivity index (χ0v) is 17.5. The quantitative estimate of drug-likeness (QED) is 0.643. The van der Waals surface area contributed by atoms with E-state index >= 15 is 0 Å². The van der Waals surface area contributed by atoms with E-state index in [1.807, 2.05) is 11.8 Å². The molecule has 0 aromatic heterocycles. The van der Waals surface area contributed by atoms with Crippen molar-refractivity contribution in [3.05, 3.63) is 24.3 Å². The van der Waals surface area contributed by atoms with Gasteiger partial charge in [-0.2, -0.15) is 4.31 Å². The summed E-state index contributed by atoms with van der Waals surface area (Å²) in [7, 11) is -3.53. The number of rotatable bonds is 9. The van der Waals surface area contributed by atoms with Crippen LogP contribution in [0.5, 0.6) is 5.75 Å². The van der Waals surface area contributed by atoms with Crippen molar-refractivity contribution in [3.8, 4) is 5.75 Å². The van der Waals surface area contributed by atoms with E-state index in [0.29, 0.717) is 38.3 Å². The van der Waals surface area contributed by atoms with E-state index in [4.69, 9.17) is 4.74 Å². The third-order valence-electron chi connectivity index (χ3n) is 4.87. The average molecular weight is 397 g/mol. The number of sulfonamides is 1. The van der Waals surface area contributed by atoms with E-state index in [1.165, 1.54) is 4.31 Å². The molecule has 7 heteroatoms. The first kappa shape index (κ1) is 21.7. The van der Waals surface area contributed by atoms with Gasteiger partial charge in [0, 0.05) is 32.1 Å². The topological polar surface area (TPSA) is 66.9 Å². The lowest BCUT2D eigenvalue weighted by molar-refractivity contribution is -0.136. The molecular formula is C20H32N2O4S. The van der Waals surface area contributed by atoms with Gasteiger partial charge >= 0.3 is 0 Å². The summed E-state index contributed by atoms with van der Waals surface area (Å²) in [6, 6.07) is 6.53. The van der Waals surface area contributed by atoms with Crippen LogP contribution in [-0.2, 0) is 14.8 Å². The Bertz CT molecular complexity index is 689. The first-order valence-corrected chi connectivity index (χ1v) is 11.4. The Morgan fingerprint density at radius 1 is 1.07 bits per heavy atom. The van der Waals surface area contributed by atoms with Crippen LogP contribution in [0.25, 0.3) is 0 Å². The molecule has 0 unspecified atom stereocenters. The number of nitrogens with zero attached hydrogens (tertiary/aromatic N) is 2. The number of carbonyl (C=O) groups is 1. The van der Waals surface area contributed by atoms with Crippen LogP contribution in [0.4, 0.5) is 0 Å². The molecule has 0 atom stereocenters. The molecule has 2 rings (SSSR count). The summed E-state index contributed by atoms with van der Waals surface area (Å²) in [5.74, 6) is 0.763. The van der Waals surface area contributed by atoms with Crippen molar-refractivity contribution in [1.82, 2.24) is 9.21 Å². The predicted octanol–water partition coefficient (Wildman–Crippen LogP) is 3.13. The van der Waals surface area contributed by atoms with Crippen molar-refractivity contribution in [2.75, 3.05) is 32.8 Å². The minimum absolute atomic E-state index is 0.0742. The lowest BCUT2D eigenvalue weighted by atomic mass is 9.96. The second-order valence-electron chi connectivity index (χ2n) is 6.91. The van der Waals surface area contributed by atoms with Crippen molar-refractivity contribution >= 4 is 15.9 Å². The summed E-state index contributed by atoms with van der Waals surface area (Å²) in [6.07, 6.45) is 3.05. The Hall–Kier alpha value is -1.60. The zero-order valence-electron chi connectivity index (χ0n) is 16.7. The van der Waals surface area contributed by atoms with Crippen LogP contribution in [0, 0.1) is 5.92 Å². The second-order valence-corrected chi connectivity index (χ2v) is 8.85. The molecule has 0 aliphatic carbocycles. The van der Waals surface area contributed by atoms with Gasteiger partial charge in [0.1, 0.15) is 5.75 Å². The second kappa shape index (κ2) is 10.1. The summed E-state index contributed by atoms with van der Waals surface area (Å²) in [4.78, 5) is 15.0. The zero-order chi connectivity index (χ0) is 19.9. The number of benzene rings is 1. The van der Waals surface area contributed by atoms with Crippen LogP contribution < -0.4 is 4.74 Å². The summed E-state index contributed by atoms with van der Waals surface area (Å²) in [5, 5.41) is 0. The van der Waals surface area contributed by atoms with Crippen LogP contribution >= 0.6 is 0 Å². The predicted molar refractivity (Wildman–Crippen MR) is 106 cm³/mol. The molecule has 0 bridgehead atoms. The summed E-state index contributed by atoms with van der Waals surface area (Å²) in [6.45, 7) is 8.90. The van der Waals surface area contributed by atoms with Gasteiger partial charge in [0.05, 0.1) is 11.5 Å². The fourth-order valence-electron chi connectivity index (χ4n) is 3.50. The Morgan fingerprint density at radius 3 is 2.11 bits per heavy atom. The smallest absolute Gasteiger partial charge is 0.243 e.